The van der Waals surface area contributed by atoms with E-state index in [1.165, 1.54) is 13.2 Å². The summed E-state index contributed by atoms with van der Waals surface area (Å²) in [5, 5.41) is 11.6. The second kappa shape index (κ2) is 5.34. The van der Waals surface area contributed by atoms with Gasteiger partial charge in [0.2, 0.25) is 0 Å². The van der Waals surface area contributed by atoms with E-state index in [0.717, 1.165) is 0 Å². The molecule has 0 radical (unpaired) electrons. The van der Waals surface area contributed by atoms with Crippen LogP contribution in [0.1, 0.15) is 33.2 Å². The van der Waals surface area contributed by atoms with Crippen LogP contribution in [0.3, 0.4) is 0 Å². The highest BCUT2D eigenvalue weighted by atomic mass is 16.5. The van der Waals surface area contributed by atoms with Crippen molar-refractivity contribution in [3.05, 3.63) is 28.8 Å². The first-order valence-corrected chi connectivity index (χ1v) is 5.21. The van der Waals surface area contributed by atoms with Crippen LogP contribution in [0.15, 0.2) is 12.1 Å². The van der Waals surface area contributed by atoms with Gasteiger partial charge in [0.15, 0.2) is 0 Å². The van der Waals surface area contributed by atoms with Crippen LogP contribution in [0.25, 0.3) is 0 Å². The lowest BCUT2D eigenvalue weighted by Gasteiger charge is -2.11. The van der Waals surface area contributed by atoms with Crippen molar-refractivity contribution < 1.29 is 19.4 Å². The van der Waals surface area contributed by atoms with Gasteiger partial charge in [-0.1, -0.05) is 0 Å². The Morgan fingerprint density at radius 2 is 2.00 bits per heavy atom. The minimum Gasteiger partial charge on any atom is -0.496 e. The van der Waals surface area contributed by atoms with E-state index in [4.69, 9.17) is 9.84 Å². The van der Waals surface area contributed by atoms with Gasteiger partial charge in [-0.25, -0.2) is 4.79 Å². The van der Waals surface area contributed by atoms with Crippen molar-refractivity contribution in [2.45, 2.75) is 13.8 Å². The molecule has 1 amide bonds. The lowest BCUT2D eigenvalue weighted by Crippen LogP contribution is -2.23. The number of aromatic carboxylic acids is 1. The molecule has 0 fully saturated rings. The second-order valence-electron chi connectivity index (χ2n) is 3.53. The molecule has 1 rings (SSSR count). The average Bonchev–Trinajstić information content (AvgIpc) is 2.28. The minimum absolute atomic E-state index is 0.104. The molecule has 17 heavy (non-hydrogen) atoms. The molecule has 0 aromatic heterocycles. The first-order valence-electron chi connectivity index (χ1n) is 5.21. The third-order valence-electron chi connectivity index (χ3n) is 2.36. The number of ether oxygens (including phenoxy) is 1. The number of nitrogens with one attached hydrogen (secondary N) is 1. The summed E-state index contributed by atoms with van der Waals surface area (Å²) in [7, 11) is 1.44. The van der Waals surface area contributed by atoms with Gasteiger partial charge in [0, 0.05) is 6.54 Å². The maximum Gasteiger partial charge on any atom is 0.335 e. The van der Waals surface area contributed by atoms with E-state index in [9.17, 15) is 9.59 Å². The number of rotatable bonds is 4. The number of methoxy groups -OCH3 is 1. The molecule has 0 saturated heterocycles. The van der Waals surface area contributed by atoms with E-state index in [1.807, 2.05) is 0 Å². The summed E-state index contributed by atoms with van der Waals surface area (Å²) in [5.74, 6) is -1.03. The Hall–Kier alpha value is -2.04. The van der Waals surface area contributed by atoms with Gasteiger partial charge in [-0.15, -0.1) is 0 Å². The van der Waals surface area contributed by atoms with Crippen molar-refractivity contribution in [1.29, 1.82) is 0 Å². The summed E-state index contributed by atoms with van der Waals surface area (Å²) in [4.78, 5) is 22.7. The number of carbonyl (C=O) groups excluding carboxylic acids is 1. The van der Waals surface area contributed by atoms with Crippen molar-refractivity contribution in [3.63, 3.8) is 0 Å². The zero-order valence-corrected chi connectivity index (χ0v) is 10.0. The number of carbonyl (C=O) groups is 2. The standard InChI is InChI=1S/C12H15NO4/c1-4-13-11(14)9-6-8(12(15)16)7(2)5-10(9)17-3/h5-6H,4H2,1-3H3,(H,13,14)(H,15,16). The van der Waals surface area contributed by atoms with Crippen LogP contribution in [0, 0.1) is 6.92 Å². The summed E-state index contributed by atoms with van der Waals surface area (Å²) in [5.41, 5.74) is 0.895. The van der Waals surface area contributed by atoms with Crippen LogP contribution >= 0.6 is 0 Å². The van der Waals surface area contributed by atoms with Crippen LogP contribution in [0.5, 0.6) is 5.75 Å². The van der Waals surface area contributed by atoms with Crippen molar-refractivity contribution in [2.24, 2.45) is 0 Å². The summed E-state index contributed by atoms with van der Waals surface area (Å²) in [6.07, 6.45) is 0. The predicted molar refractivity (Wildman–Crippen MR) is 62.7 cm³/mol. The highest BCUT2D eigenvalue weighted by molar-refractivity contribution is 6.00. The first-order chi connectivity index (χ1) is 8.01. The maximum absolute atomic E-state index is 11.7. The van der Waals surface area contributed by atoms with Crippen molar-refractivity contribution in [1.82, 2.24) is 5.32 Å². The van der Waals surface area contributed by atoms with E-state index >= 15 is 0 Å². The molecule has 2 N–H and O–H groups in total. The topological polar surface area (TPSA) is 75.6 Å². The Kier molecular flexibility index (Phi) is 4.09. The molecule has 0 aliphatic rings. The third-order valence-corrected chi connectivity index (χ3v) is 2.36. The smallest absolute Gasteiger partial charge is 0.335 e. The van der Waals surface area contributed by atoms with Crippen LogP contribution in [0.4, 0.5) is 0 Å². The van der Waals surface area contributed by atoms with Crippen molar-refractivity contribution in [3.8, 4) is 5.75 Å². The summed E-state index contributed by atoms with van der Waals surface area (Å²) in [6, 6.07) is 2.88. The molecule has 0 aliphatic heterocycles. The molecular formula is C12H15NO4. The van der Waals surface area contributed by atoms with Crippen LogP contribution in [-0.2, 0) is 0 Å². The summed E-state index contributed by atoms with van der Waals surface area (Å²) < 4.78 is 5.07. The highest BCUT2D eigenvalue weighted by Gasteiger charge is 2.17. The zero-order valence-electron chi connectivity index (χ0n) is 10.0. The number of aryl methyl sites for hydroxylation is 1. The lowest BCUT2D eigenvalue weighted by molar-refractivity contribution is 0.0696. The molecule has 0 heterocycles. The van der Waals surface area contributed by atoms with Gasteiger partial charge < -0.3 is 15.2 Å². The fourth-order valence-electron chi connectivity index (χ4n) is 1.51. The van der Waals surface area contributed by atoms with Gasteiger partial charge in [-0.3, -0.25) is 4.79 Å². The number of benzene rings is 1. The van der Waals surface area contributed by atoms with E-state index in [0.29, 0.717) is 17.9 Å². The predicted octanol–water partition coefficient (Wildman–Crippen LogP) is 1.45. The van der Waals surface area contributed by atoms with Gasteiger partial charge in [-0.2, -0.15) is 0 Å². The van der Waals surface area contributed by atoms with Gasteiger partial charge in [0.05, 0.1) is 18.2 Å². The van der Waals surface area contributed by atoms with Crippen LogP contribution in [-0.4, -0.2) is 30.6 Å². The Morgan fingerprint density at radius 3 is 2.47 bits per heavy atom. The minimum atomic E-state index is -1.06. The number of carboxylic acids is 1. The second-order valence-corrected chi connectivity index (χ2v) is 3.53. The quantitative estimate of drug-likeness (QED) is 0.831. The SMILES string of the molecule is CCNC(=O)c1cc(C(=O)O)c(C)cc1OC. The first kappa shape index (κ1) is 13.0. The summed E-state index contributed by atoms with van der Waals surface area (Å²) >= 11 is 0. The number of carboxylic acid groups (broad SMARTS) is 1. The van der Waals surface area contributed by atoms with E-state index in [-0.39, 0.29) is 17.0 Å². The molecule has 0 bridgehead atoms. The fourth-order valence-corrected chi connectivity index (χ4v) is 1.51. The molecule has 0 atom stereocenters. The molecule has 0 unspecified atom stereocenters. The van der Waals surface area contributed by atoms with Crippen LogP contribution < -0.4 is 10.1 Å². The van der Waals surface area contributed by atoms with Gasteiger partial charge in [0.1, 0.15) is 5.75 Å². The molecule has 0 saturated carbocycles. The molecule has 1 aromatic rings. The largest absolute Gasteiger partial charge is 0.496 e. The third kappa shape index (κ3) is 2.75. The Bertz CT molecular complexity index is 454. The fraction of sp³-hybridized carbons (Fsp3) is 0.333. The number of hydrogen-bond acceptors (Lipinski definition) is 3. The van der Waals surface area contributed by atoms with Crippen LogP contribution in [0.2, 0.25) is 0 Å². The molecular weight excluding hydrogens is 222 g/mol. The Labute approximate surface area is 99.4 Å². The molecule has 0 spiro atoms. The summed E-state index contributed by atoms with van der Waals surface area (Å²) in [6.45, 7) is 3.92. The monoisotopic (exact) mass is 237 g/mol. The zero-order chi connectivity index (χ0) is 13.0. The molecule has 92 valence electrons. The Morgan fingerprint density at radius 1 is 1.35 bits per heavy atom. The van der Waals surface area contributed by atoms with Crippen molar-refractivity contribution >= 4 is 11.9 Å². The number of amides is 1. The highest BCUT2D eigenvalue weighted by Crippen LogP contribution is 2.23. The van der Waals surface area contributed by atoms with E-state index in [1.54, 1.807) is 19.9 Å². The Balaban J connectivity index is 3.31. The molecule has 0 aliphatic carbocycles. The molecule has 5 nitrogen and oxygen atoms in total. The van der Waals surface area contributed by atoms with E-state index in [2.05, 4.69) is 5.32 Å². The van der Waals surface area contributed by atoms with Crippen molar-refractivity contribution in [2.75, 3.05) is 13.7 Å². The normalized spacial score (nSPS) is 9.82. The molecule has 1 aromatic carbocycles. The maximum atomic E-state index is 11.7. The van der Waals surface area contributed by atoms with Gasteiger partial charge >= 0.3 is 5.97 Å². The van der Waals surface area contributed by atoms with Gasteiger partial charge in [-0.05, 0) is 31.5 Å². The number of hydrogen-bond donors (Lipinski definition) is 2. The molecule has 5 heteroatoms. The van der Waals surface area contributed by atoms with E-state index < -0.39 is 5.97 Å². The average molecular weight is 237 g/mol. The van der Waals surface area contributed by atoms with Gasteiger partial charge in [0.25, 0.3) is 5.91 Å². The lowest BCUT2D eigenvalue weighted by atomic mass is 10.0.